The molecule has 0 heterocycles. The van der Waals surface area contributed by atoms with Crippen molar-refractivity contribution in [2.75, 3.05) is 23.3 Å². The lowest BCUT2D eigenvalue weighted by Crippen LogP contribution is -2.37. The number of anilines is 2. The van der Waals surface area contributed by atoms with Crippen LogP contribution in [0, 0.1) is 17.0 Å². The van der Waals surface area contributed by atoms with Crippen LogP contribution < -0.4 is 14.4 Å². The quantitative estimate of drug-likeness (QED) is 0.358. The number of carbonyl (C=O) groups excluding carboxylic acids is 1. The van der Waals surface area contributed by atoms with Crippen LogP contribution in [0.25, 0.3) is 6.08 Å². The highest BCUT2D eigenvalue weighted by Crippen LogP contribution is 2.31. The number of para-hydroxylation sites is 2. The first-order valence-electron chi connectivity index (χ1n) is 10.1. The highest BCUT2D eigenvalue weighted by molar-refractivity contribution is 7.95. The number of nitro benzene ring substituents is 1. The van der Waals surface area contributed by atoms with Crippen LogP contribution in [0.1, 0.15) is 11.1 Å². The van der Waals surface area contributed by atoms with E-state index in [4.69, 9.17) is 4.74 Å². The number of aryl methyl sites for hydroxylation is 1. The first kappa shape index (κ1) is 24.5. The molecule has 0 unspecified atom stereocenters. The Balaban J connectivity index is 1.95. The zero-order chi connectivity index (χ0) is 24.7. The van der Waals surface area contributed by atoms with Gasteiger partial charge in [-0.2, -0.15) is 0 Å². The number of methoxy groups -OCH3 is 1. The fourth-order valence-corrected chi connectivity index (χ4v) is 4.33. The molecule has 0 aromatic heterocycles. The van der Waals surface area contributed by atoms with Crippen LogP contribution in [0.15, 0.2) is 78.2 Å². The molecule has 0 atom stereocenters. The van der Waals surface area contributed by atoms with Gasteiger partial charge in [-0.25, -0.2) is 8.42 Å². The summed E-state index contributed by atoms with van der Waals surface area (Å²) < 4.78 is 32.8. The van der Waals surface area contributed by atoms with Gasteiger partial charge in [0.1, 0.15) is 12.3 Å². The second-order valence-electron chi connectivity index (χ2n) is 7.24. The summed E-state index contributed by atoms with van der Waals surface area (Å²) in [7, 11) is -2.72. The molecule has 0 aliphatic carbocycles. The zero-order valence-electron chi connectivity index (χ0n) is 18.5. The second kappa shape index (κ2) is 10.6. The molecular weight excluding hydrogens is 458 g/mol. The molecule has 9 nitrogen and oxygen atoms in total. The number of hydrogen-bond acceptors (Lipinski definition) is 6. The summed E-state index contributed by atoms with van der Waals surface area (Å²) in [6.45, 7) is 1.10. The van der Waals surface area contributed by atoms with Gasteiger partial charge in [-0.05, 0) is 36.3 Å². The SMILES string of the molecule is COc1ccccc1N(CC(=O)Nc1cc([N+](=O)[O-])ccc1C)S(=O)(=O)C=Cc1ccccc1. The molecule has 0 saturated carbocycles. The lowest BCUT2D eigenvalue weighted by molar-refractivity contribution is -0.384. The Morgan fingerprint density at radius 2 is 1.76 bits per heavy atom. The minimum Gasteiger partial charge on any atom is -0.495 e. The Hall–Kier alpha value is -4.18. The minimum atomic E-state index is -4.12. The molecule has 0 aliphatic rings. The van der Waals surface area contributed by atoms with Gasteiger partial charge in [-0.3, -0.25) is 19.2 Å². The first-order valence-corrected chi connectivity index (χ1v) is 11.7. The van der Waals surface area contributed by atoms with Crippen molar-refractivity contribution in [3.8, 4) is 5.75 Å². The van der Waals surface area contributed by atoms with Crippen molar-refractivity contribution in [1.29, 1.82) is 0 Å². The molecule has 3 aromatic rings. The Morgan fingerprint density at radius 1 is 1.09 bits per heavy atom. The number of carbonyl (C=O) groups is 1. The third-order valence-electron chi connectivity index (χ3n) is 4.89. The predicted molar refractivity (Wildman–Crippen MR) is 131 cm³/mol. The number of benzene rings is 3. The monoisotopic (exact) mass is 481 g/mol. The third-order valence-corrected chi connectivity index (χ3v) is 6.31. The molecule has 1 N–H and O–H groups in total. The fourth-order valence-electron chi connectivity index (χ4n) is 3.13. The van der Waals surface area contributed by atoms with E-state index in [-0.39, 0.29) is 22.8 Å². The van der Waals surface area contributed by atoms with Gasteiger partial charge >= 0.3 is 0 Å². The number of sulfonamides is 1. The van der Waals surface area contributed by atoms with E-state index in [1.807, 2.05) is 6.07 Å². The van der Waals surface area contributed by atoms with E-state index in [1.54, 1.807) is 49.4 Å². The Morgan fingerprint density at radius 3 is 2.44 bits per heavy atom. The van der Waals surface area contributed by atoms with Gasteiger partial charge in [0, 0.05) is 12.1 Å². The summed E-state index contributed by atoms with van der Waals surface area (Å²) in [6.07, 6.45) is 1.43. The van der Waals surface area contributed by atoms with Gasteiger partial charge in [-0.15, -0.1) is 0 Å². The molecule has 0 saturated heterocycles. The lowest BCUT2D eigenvalue weighted by atomic mass is 10.2. The number of ether oxygens (including phenoxy) is 1. The number of nitrogens with zero attached hydrogens (tertiary/aromatic N) is 2. The number of nitro groups is 1. The zero-order valence-corrected chi connectivity index (χ0v) is 19.4. The van der Waals surface area contributed by atoms with Crippen LogP contribution in [-0.2, 0) is 14.8 Å². The van der Waals surface area contributed by atoms with E-state index >= 15 is 0 Å². The molecular formula is C24H23N3O6S. The number of rotatable bonds is 9. The maximum absolute atomic E-state index is 13.3. The summed E-state index contributed by atoms with van der Waals surface area (Å²) in [4.78, 5) is 23.4. The number of nitrogens with one attached hydrogen (secondary N) is 1. The van der Waals surface area contributed by atoms with E-state index in [9.17, 15) is 23.3 Å². The van der Waals surface area contributed by atoms with Crippen molar-refractivity contribution in [1.82, 2.24) is 0 Å². The molecule has 0 radical (unpaired) electrons. The van der Waals surface area contributed by atoms with Crippen LogP contribution in [0.2, 0.25) is 0 Å². The van der Waals surface area contributed by atoms with Crippen molar-refractivity contribution in [2.45, 2.75) is 6.92 Å². The average Bonchev–Trinajstić information content (AvgIpc) is 2.83. The van der Waals surface area contributed by atoms with Crippen molar-refractivity contribution >= 4 is 39.1 Å². The maximum Gasteiger partial charge on any atom is 0.271 e. The van der Waals surface area contributed by atoms with Crippen molar-refractivity contribution < 1.29 is 22.9 Å². The Kier molecular flexibility index (Phi) is 7.64. The average molecular weight is 482 g/mol. The molecule has 176 valence electrons. The van der Waals surface area contributed by atoms with Gasteiger partial charge in [0.15, 0.2) is 0 Å². The summed E-state index contributed by atoms with van der Waals surface area (Å²) >= 11 is 0. The molecule has 3 rings (SSSR count). The topological polar surface area (TPSA) is 119 Å². The van der Waals surface area contributed by atoms with Crippen LogP contribution in [0.5, 0.6) is 5.75 Å². The number of hydrogen-bond donors (Lipinski definition) is 1. The molecule has 0 aliphatic heterocycles. The molecule has 34 heavy (non-hydrogen) atoms. The van der Waals surface area contributed by atoms with Gasteiger partial charge < -0.3 is 10.1 Å². The third kappa shape index (κ3) is 5.99. The van der Waals surface area contributed by atoms with Crippen molar-refractivity contribution in [2.24, 2.45) is 0 Å². The first-order chi connectivity index (χ1) is 16.2. The van der Waals surface area contributed by atoms with E-state index in [0.717, 1.165) is 9.71 Å². The van der Waals surface area contributed by atoms with E-state index in [2.05, 4.69) is 5.32 Å². The summed E-state index contributed by atoms with van der Waals surface area (Å²) in [5, 5.41) is 14.7. The van der Waals surface area contributed by atoms with Gasteiger partial charge in [0.25, 0.3) is 15.7 Å². The standard InChI is InChI=1S/C24H23N3O6S/c1-18-12-13-20(27(29)30)16-21(18)25-24(28)17-26(22-10-6-7-11-23(22)33-2)34(31,32)15-14-19-8-4-3-5-9-19/h3-16H,17H2,1-2H3,(H,25,28). The summed E-state index contributed by atoms with van der Waals surface area (Å²) in [5.41, 5.74) is 1.46. The van der Waals surface area contributed by atoms with Crippen LogP contribution >= 0.6 is 0 Å². The molecule has 3 aromatic carbocycles. The molecule has 10 heteroatoms. The van der Waals surface area contributed by atoms with Gasteiger partial charge in [-0.1, -0.05) is 48.5 Å². The second-order valence-corrected chi connectivity index (χ2v) is 8.98. The van der Waals surface area contributed by atoms with Crippen LogP contribution in [0.3, 0.4) is 0 Å². The predicted octanol–water partition coefficient (Wildman–Crippen LogP) is 4.36. The van der Waals surface area contributed by atoms with Crippen molar-refractivity contribution in [3.63, 3.8) is 0 Å². The fraction of sp³-hybridized carbons (Fsp3) is 0.125. The summed E-state index contributed by atoms with van der Waals surface area (Å²) in [6, 6.07) is 19.3. The minimum absolute atomic E-state index is 0.175. The maximum atomic E-state index is 13.3. The molecule has 1 amide bonds. The largest absolute Gasteiger partial charge is 0.495 e. The smallest absolute Gasteiger partial charge is 0.271 e. The van der Waals surface area contributed by atoms with Gasteiger partial charge in [0.2, 0.25) is 5.91 Å². The molecule has 0 fully saturated rings. The highest BCUT2D eigenvalue weighted by Gasteiger charge is 2.26. The van der Waals surface area contributed by atoms with Gasteiger partial charge in [0.05, 0.1) is 28.8 Å². The lowest BCUT2D eigenvalue weighted by Gasteiger charge is -2.24. The number of non-ortho nitro benzene ring substituents is 1. The van der Waals surface area contributed by atoms with Crippen LogP contribution in [-0.4, -0.2) is 32.9 Å². The Bertz CT molecular complexity index is 1320. The van der Waals surface area contributed by atoms with E-state index < -0.39 is 27.4 Å². The summed E-state index contributed by atoms with van der Waals surface area (Å²) in [5.74, 6) is -0.412. The van der Waals surface area contributed by atoms with E-state index in [1.165, 1.54) is 37.5 Å². The highest BCUT2D eigenvalue weighted by atomic mass is 32.2. The number of amides is 1. The Labute approximate surface area is 197 Å². The normalized spacial score (nSPS) is 11.2. The molecule has 0 bridgehead atoms. The van der Waals surface area contributed by atoms with Crippen LogP contribution in [0.4, 0.5) is 17.1 Å². The van der Waals surface area contributed by atoms with Crippen molar-refractivity contribution in [3.05, 3.63) is 99.4 Å². The molecule has 0 spiro atoms. The van der Waals surface area contributed by atoms with E-state index in [0.29, 0.717) is 11.1 Å².